The molecule has 0 saturated carbocycles. The first-order valence-corrected chi connectivity index (χ1v) is 5.56. The van der Waals surface area contributed by atoms with Gasteiger partial charge in [0.15, 0.2) is 6.61 Å². The SMILES string of the molecule is CNc1oc(COc2cccc(Cl)c2)nc1C#N. The van der Waals surface area contributed by atoms with Gasteiger partial charge in [-0.2, -0.15) is 10.2 Å². The zero-order valence-electron chi connectivity index (χ0n) is 9.61. The Morgan fingerprint density at radius 2 is 2.39 bits per heavy atom. The van der Waals surface area contributed by atoms with Gasteiger partial charge in [-0.15, -0.1) is 0 Å². The lowest BCUT2D eigenvalue weighted by Crippen LogP contribution is -1.95. The smallest absolute Gasteiger partial charge is 0.236 e. The first-order valence-electron chi connectivity index (χ1n) is 5.19. The normalized spacial score (nSPS) is 9.83. The summed E-state index contributed by atoms with van der Waals surface area (Å²) in [5, 5.41) is 12.2. The molecule has 2 aromatic rings. The lowest BCUT2D eigenvalue weighted by atomic mass is 10.3. The number of rotatable bonds is 4. The van der Waals surface area contributed by atoms with Crippen molar-refractivity contribution in [3.05, 3.63) is 40.9 Å². The average Bonchev–Trinajstić information content (AvgIpc) is 2.79. The van der Waals surface area contributed by atoms with Crippen LogP contribution in [0.5, 0.6) is 5.75 Å². The van der Waals surface area contributed by atoms with E-state index in [4.69, 9.17) is 26.0 Å². The molecule has 0 aliphatic carbocycles. The van der Waals surface area contributed by atoms with Crippen molar-refractivity contribution in [2.45, 2.75) is 6.61 Å². The minimum atomic E-state index is 0.136. The number of oxazole rings is 1. The molecule has 1 N–H and O–H groups in total. The summed E-state index contributed by atoms with van der Waals surface area (Å²) in [7, 11) is 1.66. The number of halogens is 1. The molecule has 0 spiro atoms. The summed E-state index contributed by atoms with van der Waals surface area (Å²) in [6.45, 7) is 0.136. The number of hydrogen-bond donors (Lipinski definition) is 1. The van der Waals surface area contributed by atoms with Gasteiger partial charge in [0.05, 0.1) is 0 Å². The Morgan fingerprint density at radius 1 is 1.56 bits per heavy atom. The van der Waals surface area contributed by atoms with E-state index in [1.165, 1.54) is 0 Å². The van der Waals surface area contributed by atoms with Crippen LogP contribution in [0.15, 0.2) is 28.7 Å². The highest BCUT2D eigenvalue weighted by atomic mass is 35.5. The maximum atomic E-state index is 8.81. The van der Waals surface area contributed by atoms with Crippen LogP contribution < -0.4 is 10.1 Å². The zero-order chi connectivity index (χ0) is 13.0. The van der Waals surface area contributed by atoms with Crippen LogP contribution in [-0.4, -0.2) is 12.0 Å². The first kappa shape index (κ1) is 12.3. The number of nitriles is 1. The Kier molecular flexibility index (Phi) is 3.70. The molecule has 2 rings (SSSR count). The van der Waals surface area contributed by atoms with Crippen LogP contribution in [0.2, 0.25) is 5.02 Å². The van der Waals surface area contributed by atoms with E-state index < -0.39 is 0 Å². The second kappa shape index (κ2) is 5.43. The number of hydrogen-bond acceptors (Lipinski definition) is 5. The molecule has 1 heterocycles. The minimum absolute atomic E-state index is 0.136. The molecule has 1 aromatic carbocycles. The first-order chi connectivity index (χ1) is 8.72. The van der Waals surface area contributed by atoms with E-state index in [1.54, 1.807) is 31.3 Å². The van der Waals surface area contributed by atoms with Crippen LogP contribution in [-0.2, 0) is 6.61 Å². The van der Waals surface area contributed by atoms with Gasteiger partial charge in [0.25, 0.3) is 0 Å². The number of nitrogens with zero attached hydrogens (tertiary/aromatic N) is 2. The van der Waals surface area contributed by atoms with Crippen molar-refractivity contribution >= 4 is 17.5 Å². The van der Waals surface area contributed by atoms with Gasteiger partial charge in [-0.1, -0.05) is 17.7 Å². The number of anilines is 1. The second-order valence-electron chi connectivity index (χ2n) is 3.39. The molecule has 1 aromatic heterocycles. The van der Waals surface area contributed by atoms with E-state index >= 15 is 0 Å². The molecule has 0 saturated heterocycles. The Hall–Kier alpha value is -2.19. The zero-order valence-corrected chi connectivity index (χ0v) is 10.4. The van der Waals surface area contributed by atoms with E-state index in [9.17, 15) is 0 Å². The topological polar surface area (TPSA) is 71.1 Å². The van der Waals surface area contributed by atoms with Crippen LogP contribution in [0, 0.1) is 11.3 Å². The standard InChI is InChI=1S/C12H10ClN3O2/c1-15-12-10(6-14)16-11(18-12)7-17-9-4-2-3-8(13)5-9/h2-5,15H,7H2,1H3. The molecule has 18 heavy (non-hydrogen) atoms. The Morgan fingerprint density at radius 3 is 3.00 bits per heavy atom. The molecular formula is C12H10ClN3O2. The number of ether oxygens (including phenoxy) is 1. The van der Waals surface area contributed by atoms with Crippen molar-refractivity contribution in [2.24, 2.45) is 0 Å². The monoisotopic (exact) mass is 263 g/mol. The Balaban J connectivity index is 2.07. The summed E-state index contributed by atoms with van der Waals surface area (Å²) in [5.74, 6) is 1.28. The average molecular weight is 264 g/mol. The van der Waals surface area contributed by atoms with Crippen molar-refractivity contribution in [3.63, 3.8) is 0 Å². The molecule has 0 aliphatic rings. The molecule has 0 fully saturated rings. The van der Waals surface area contributed by atoms with Gasteiger partial charge in [0.2, 0.25) is 17.5 Å². The highest BCUT2D eigenvalue weighted by Gasteiger charge is 2.11. The van der Waals surface area contributed by atoms with E-state index in [0.717, 1.165) is 0 Å². The van der Waals surface area contributed by atoms with Crippen molar-refractivity contribution in [1.29, 1.82) is 5.26 Å². The molecular weight excluding hydrogens is 254 g/mol. The predicted molar refractivity (Wildman–Crippen MR) is 66.5 cm³/mol. The van der Waals surface area contributed by atoms with Crippen LogP contribution in [0.4, 0.5) is 5.88 Å². The molecule has 5 nitrogen and oxygen atoms in total. The van der Waals surface area contributed by atoms with Crippen molar-refractivity contribution < 1.29 is 9.15 Å². The maximum absolute atomic E-state index is 8.81. The summed E-state index contributed by atoms with van der Waals surface area (Å²) in [6, 6.07) is 8.94. The molecule has 0 aliphatic heterocycles. The Bertz CT molecular complexity index is 589. The van der Waals surface area contributed by atoms with E-state index in [2.05, 4.69) is 10.3 Å². The second-order valence-corrected chi connectivity index (χ2v) is 3.83. The molecule has 92 valence electrons. The molecule has 0 radical (unpaired) electrons. The van der Waals surface area contributed by atoms with E-state index in [1.807, 2.05) is 6.07 Å². The van der Waals surface area contributed by atoms with Gasteiger partial charge in [0.1, 0.15) is 11.8 Å². The van der Waals surface area contributed by atoms with E-state index in [0.29, 0.717) is 22.5 Å². The lowest BCUT2D eigenvalue weighted by Gasteiger charge is -2.03. The van der Waals surface area contributed by atoms with Gasteiger partial charge in [-0.3, -0.25) is 0 Å². The predicted octanol–water partition coefficient (Wildman–Crippen LogP) is 2.82. The molecule has 0 atom stereocenters. The van der Waals surface area contributed by atoms with Gasteiger partial charge in [0, 0.05) is 12.1 Å². The molecule has 0 bridgehead atoms. The van der Waals surface area contributed by atoms with Crippen molar-refractivity contribution in [3.8, 4) is 11.8 Å². The number of nitrogens with one attached hydrogen (secondary N) is 1. The van der Waals surface area contributed by atoms with Gasteiger partial charge in [-0.25, -0.2) is 0 Å². The fourth-order valence-electron chi connectivity index (χ4n) is 1.37. The quantitative estimate of drug-likeness (QED) is 0.918. The number of benzene rings is 1. The van der Waals surface area contributed by atoms with Crippen LogP contribution in [0.3, 0.4) is 0 Å². The van der Waals surface area contributed by atoms with Crippen LogP contribution in [0.1, 0.15) is 11.6 Å². The molecule has 0 amide bonds. The van der Waals surface area contributed by atoms with Crippen LogP contribution >= 0.6 is 11.6 Å². The summed E-state index contributed by atoms with van der Waals surface area (Å²) in [6.07, 6.45) is 0. The third-order valence-electron chi connectivity index (χ3n) is 2.16. The third-order valence-corrected chi connectivity index (χ3v) is 2.40. The summed E-state index contributed by atoms with van der Waals surface area (Å²) in [5.41, 5.74) is 0.210. The fourth-order valence-corrected chi connectivity index (χ4v) is 1.55. The number of aromatic nitrogens is 1. The summed E-state index contributed by atoms with van der Waals surface area (Å²) < 4.78 is 10.8. The highest BCUT2D eigenvalue weighted by molar-refractivity contribution is 6.30. The van der Waals surface area contributed by atoms with Gasteiger partial charge in [-0.05, 0) is 18.2 Å². The molecule has 0 unspecified atom stereocenters. The van der Waals surface area contributed by atoms with Crippen molar-refractivity contribution in [1.82, 2.24) is 4.98 Å². The summed E-state index contributed by atoms with van der Waals surface area (Å²) >= 11 is 5.83. The maximum Gasteiger partial charge on any atom is 0.236 e. The summed E-state index contributed by atoms with van der Waals surface area (Å²) in [4.78, 5) is 3.99. The minimum Gasteiger partial charge on any atom is -0.484 e. The molecule has 6 heteroatoms. The fraction of sp³-hybridized carbons (Fsp3) is 0.167. The van der Waals surface area contributed by atoms with E-state index in [-0.39, 0.29) is 12.3 Å². The largest absolute Gasteiger partial charge is 0.484 e. The van der Waals surface area contributed by atoms with Gasteiger partial charge < -0.3 is 14.5 Å². The van der Waals surface area contributed by atoms with Crippen molar-refractivity contribution in [2.75, 3.05) is 12.4 Å². The highest BCUT2D eigenvalue weighted by Crippen LogP contribution is 2.20. The van der Waals surface area contributed by atoms with Crippen LogP contribution in [0.25, 0.3) is 0 Å². The third kappa shape index (κ3) is 2.73. The lowest BCUT2D eigenvalue weighted by molar-refractivity contribution is 0.265. The Labute approximate surface area is 109 Å². The van der Waals surface area contributed by atoms with Gasteiger partial charge >= 0.3 is 0 Å².